The van der Waals surface area contributed by atoms with E-state index in [4.69, 9.17) is 5.11 Å². The predicted octanol–water partition coefficient (Wildman–Crippen LogP) is 2.45. The topological polar surface area (TPSA) is 49.3 Å². The molecule has 0 aromatic heterocycles. The van der Waals surface area contributed by atoms with Gasteiger partial charge in [0.2, 0.25) is 5.91 Å². The van der Waals surface area contributed by atoms with Crippen LogP contribution in [0.5, 0.6) is 0 Å². The first-order valence-corrected chi connectivity index (χ1v) is 5.49. The Kier molecular flexibility index (Phi) is 4.10. The third-order valence-electron chi connectivity index (χ3n) is 1.59. The maximum Gasteiger partial charge on any atom is 0.250 e. The molecular formula is C9H9Br2NO2. The molecule has 0 aliphatic heterocycles. The first-order valence-electron chi connectivity index (χ1n) is 3.91. The number of aryl methyl sites for hydroxylation is 1. The summed E-state index contributed by atoms with van der Waals surface area (Å²) in [6.07, 6.45) is 0. The van der Waals surface area contributed by atoms with Crippen molar-refractivity contribution < 1.29 is 9.90 Å². The normalized spacial score (nSPS) is 10.0. The van der Waals surface area contributed by atoms with Gasteiger partial charge < -0.3 is 10.4 Å². The first-order chi connectivity index (χ1) is 6.54. The number of aliphatic hydroxyl groups excluding tert-OH is 1. The van der Waals surface area contributed by atoms with E-state index in [0.29, 0.717) is 5.69 Å². The van der Waals surface area contributed by atoms with E-state index >= 15 is 0 Å². The summed E-state index contributed by atoms with van der Waals surface area (Å²) < 4.78 is 1.57. The zero-order valence-corrected chi connectivity index (χ0v) is 10.6. The van der Waals surface area contributed by atoms with Crippen LogP contribution in [0.25, 0.3) is 0 Å². The molecular weight excluding hydrogens is 314 g/mol. The van der Waals surface area contributed by atoms with Crippen LogP contribution in [0.1, 0.15) is 5.56 Å². The third-order valence-corrected chi connectivity index (χ3v) is 2.85. The zero-order valence-electron chi connectivity index (χ0n) is 7.47. The van der Waals surface area contributed by atoms with E-state index in [1.54, 1.807) is 0 Å². The molecule has 0 radical (unpaired) electrons. The van der Waals surface area contributed by atoms with Gasteiger partial charge in [0.05, 0.1) is 5.69 Å². The fourth-order valence-corrected chi connectivity index (χ4v) is 2.61. The van der Waals surface area contributed by atoms with Gasteiger partial charge in [-0.2, -0.15) is 0 Å². The molecule has 1 aromatic carbocycles. The second-order valence-corrected chi connectivity index (χ2v) is 4.52. The second-order valence-electron chi connectivity index (χ2n) is 2.81. The number of rotatable bonds is 2. The Bertz CT molecular complexity index is 343. The fraction of sp³-hybridized carbons (Fsp3) is 0.222. The van der Waals surface area contributed by atoms with Crippen LogP contribution in [-0.2, 0) is 4.79 Å². The first kappa shape index (κ1) is 11.7. The Hall–Kier alpha value is -0.390. The minimum atomic E-state index is -0.521. The van der Waals surface area contributed by atoms with Crippen molar-refractivity contribution in [2.75, 3.05) is 11.9 Å². The molecule has 0 aliphatic rings. The molecule has 0 aliphatic carbocycles. The number of anilines is 1. The van der Waals surface area contributed by atoms with E-state index in [9.17, 15) is 4.79 Å². The van der Waals surface area contributed by atoms with Crippen molar-refractivity contribution in [2.45, 2.75) is 6.92 Å². The van der Waals surface area contributed by atoms with Gasteiger partial charge in [-0.15, -0.1) is 0 Å². The Morgan fingerprint density at radius 3 is 2.36 bits per heavy atom. The van der Waals surface area contributed by atoms with Crippen LogP contribution in [0.2, 0.25) is 0 Å². The Balaban J connectivity index is 3.02. The zero-order chi connectivity index (χ0) is 10.7. The minimum Gasteiger partial charge on any atom is -0.387 e. The molecule has 0 heterocycles. The third kappa shape index (κ3) is 2.80. The van der Waals surface area contributed by atoms with Crippen molar-refractivity contribution in [3.63, 3.8) is 0 Å². The van der Waals surface area contributed by atoms with Crippen LogP contribution in [0.15, 0.2) is 21.1 Å². The van der Waals surface area contributed by atoms with Crippen molar-refractivity contribution in [1.29, 1.82) is 0 Å². The highest BCUT2D eigenvalue weighted by Crippen LogP contribution is 2.32. The molecule has 0 saturated heterocycles. The SMILES string of the molecule is Cc1cc(Br)c(NC(=O)CO)c(Br)c1. The molecule has 14 heavy (non-hydrogen) atoms. The number of amides is 1. The molecule has 1 amide bonds. The van der Waals surface area contributed by atoms with Gasteiger partial charge >= 0.3 is 0 Å². The van der Waals surface area contributed by atoms with Crippen LogP contribution < -0.4 is 5.32 Å². The lowest BCUT2D eigenvalue weighted by Gasteiger charge is -2.09. The summed E-state index contributed by atoms with van der Waals surface area (Å²) in [5, 5.41) is 11.2. The monoisotopic (exact) mass is 321 g/mol. The van der Waals surface area contributed by atoms with Crippen LogP contribution in [-0.4, -0.2) is 17.6 Å². The predicted molar refractivity (Wildman–Crippen MR) is 62.3 cm³/mol. The molecule has 2 N–H and O–H groups in total. The average molecular weight is 323 g/mol. The molecule has 3 nitrogen and oxygen atoms in total. The van der Waals surface area contributed by atoms with E-state index in [2.05, 4.69) is 37.2 Å². The molecule has 0 atom stereocenters. The number of aliphatic hydroxyl groups is 1. The lowest BCUT2D eigenvalue weighted by Crippen LogP contribution is -2.16. The van der Waals surface area contributed by atoms with E-state index in [0.717, 1.165) is 14.5 Å². The smallest absolute Gasteiger partial charge is 0.250 e. The molecule has 76 valence electrons. The summed E-state index contributed by atoms with van der Waals surface area (Å²) in [5.74, 6) is -0.435. The van der Waals surface area contributed by atoms with Gasteiger partial charge in [0.1, 0.15) is 6.61 Å². The number of carbonyl (C=O) groups excluding carboxylic acids is 1. The molecule has 0 saturated carbocycles. The van der Waals surface area contributed by atoms with E-state index in [-0.39, 0.29) is 0 Å². The lowest BCUT2D eigenvalue weighted by atomic mass is 10.2. The largest absolute Gasteiger partial charge is 0.387 e. The van der Waals surface area contributed by atoms with Crippen LogP contribution in [0.3, 0.4) is 0 Å². The summed E-state index contributed by atoms with van der Waals surface area (Å²) >= 11 is 6.66. The van der Waals surface area contributed by atoms with E-state index in [1.165, 1.54) is 0 Å². The lowest BCUT2D eigenvalue weighted by molar-refractivity contribution is -0.118. The van der Waals surface area contributed by atoms with Gasteiger partial charge in [0.15, 0.2) is 0 Å². The Morgan fingerprint density at radius 1 is 1.43 bits per heavy atom. The number of benzene rings is 1. The van der Waals surface area contributed by atoms with Gasteiger partial charge in [-0.25, -0.2) is 0 Å². The molecule has 0 spiro atoms. The van der Waals surface area contributed by atoms with Crippen LogP contribution in [0, 0.1) is 6.92 Å². The van der Waals surface area contributed by atoms with Gasteiger partial charge in [-0.3, -0.25) is 4.79 Å². The summed E-state index contributed by atoms with van der Waals surface area (Å²) in [6.45, 7) is 1.43. The van der Waals surface area contributed by atoms with Gasteiger partial charge in [0, 0.05) is 8.95 Å². The van der Waals surface area contributed by atoms with Crippen molar-refractivity contribution >= 4 is 43.5 Å². The molecule has 1 rings (SSSR count). The average Bonchev–Trinajstić information content (AvgIpc) is 2.10. The standard InChI is InChI=1S/C9H9Br2NO2/c1-5-2-6(10)9(7(11)3-5)12-8(14)4-13/h2-3,13H,4H2,1H3,(H,12,14). The highest BCUT2D eigenvalue weighted by molar-refractivity contribution is 9.11. The van der Waals surface area contributed by atoms with Crippen molar-refractivity contribution in [2.24, 2.45) is 0 Å². The summed E-state index contributed by atoms with van der Waals surface area (Å²) in [5.41, 5.74) is 1.71. The maximum absolute atomic E-state index is 11.0. The molecule has 0 unspecified atom stereocenters. The molecule has 0 fully saturated rings. The Labute approximate surface area is 98.8 Å². The molecule has 0 bridgehead atoms. The van der Waals surface area contributed by atoms with Gasteiger partial charge in [0.25, 0.3) is 0 Å². The number of halogens is 2. The Morgan fingerprint density at radius 2 is 1.93 bits per heavy atom. The highest BCUT2D eigenvalue weighted by Gasteiger charge is 2.08. The number of nitrogens with one attached hydrogen (secondary N) is 1. The number of hydrogen-bond acceptors (Lipinski definition) is 2. The van der Waals surface area contributed by atoms with Crippen molar-refractivity contribution in [3.05, 3.63) is 26.6 Å². The number of hydrogen-bond donors (Lipinski definition) is 2. The van der Waals surface area contributed by atoms with Gasteiger partial charge in [-0.05, 0) is 56.5 Å². The minimum absolute atomic E-state index is 0.435. The van der Waals surface area contributed by atoms with Crippen molar-refractivity contribution in [1.82, 2.24) is 0 Å². The second kappa shape index (κ2) is 4.91. The summed E-state index contributed by atoms with van der Waals surface area (Å²) in [7, 11) is 0. The van der Waals surface area contributed by atoms with E-state index in [1.807, 2.05) is 19.1 Å². The highest BCUT2D eigenvalue weighted by atomic mass is 79.9. The summed E-state index contributed by atoms with van der Waals surface area (Å²) in [6, 6.07) is 3.77. The fourth-order valence-electron chi connectivity index (χ4n) is 0.998. The van der Waals surface area contributed by atoms with Crippen LogP contribution >= 0.6 is 31.9 Å². The van der Waals surface area contributed by atoms with Gasteiger partial charge in [-0.1, -0.05) is 0 Å². The van der Waals surface area contributed by atoms with Crippen LogP contribution in [0.4, 0.5) is 5.69 Å². The maximum atomic E-state index is 11.0. The van der Waals surface area contributed by atoms with Crippen molar-refractivity contribution in [3.8, 4) is 0 Å². The van der Waals surface area contributed by atoms with E-state index < -0.39 is 12.5 Å². The molecule has 5 heteroatoms. The summed E-state index contributed by atoms with van der Waals surface area (Å²) in [4.78, 5) is 11.0. The number of carbonyl (C=O) groups is 1. The molecule has 1 aromatic rings. The quantitative estimate of drug-likeness (QED) is 0.878.